The van der Waals surface area contributed by atoms with E-state index in [0.29, 0.717) is 12.5 Å². The van der Waals surface area contributed by atoms with Gasteiger partial charge in [0.05, 0.1) is 12.7 Å². The van der Waals surface area contributed by atoms with Crippen LogP contribution in [0.1, 0.15) is 122 Å². The average Bonchev–Trinajstić information content (AvgIpc) is 3.31. The zero-order chi connectivity index (χ0) is 27.9. The van der Waals surface area contributed by atoms with Crippen LogP contribution in [-0.2, 0) is 28.5 Å². The van der Waals surface area contributed by atoms with Gasteiger partial charge in [-0.2, -0.15) is 0 Å². The number of rotatable bonds is 4. The molecule has 0 spiro atoms. The van der Waals surface area contributed by atoms with Crippen molar-refractivity contribution >= 4 is 6.29 Å². The monoisotopic (exact) mass is 514 g/mol. The topological polar surface area (TPSA) is 63.2 Å². The highest BCUT2D eigenvalue weighted by Gasteiger charge is 2.56. The fourth-order valence-corrected chi connectivity index (χ4v) is 4.76. The SMILES string of the molecule is C1CCC1.CC.CC(C)C(C)(C=O)CC(C)(C)C.CC1C(C2COC(C)(C)O2)OC2OC(C)(C)OC21. The van der Waals surface area contributed by atoms with Crippen LogP contribution >= 0.6 is 0 Å². The van der Waals surface area contributed by atoms with E-state index in [-0.39, 0.29) is 41.3 Å². The van der Waals surface area contributed by atoms with Crippen molar-refractivity contribution in [1.82, 2.24) is 0 Å². The third kappa shape index (κ3) is 9.98. The van der Waals surface area contributed by atoms with Crippen LogP contribution in [0.3, 0.4) is 0 Å². The summed E-state index contributed by atoms with van der Waals surface area (Å²) in [5.74, 6) is -0.415. The van der Waals surface area contributed by atoms with Crippen molar-refractivity contribution in [2.45, 2.75) is 158 Å². The Labute approximate surface area is 222 Å². The van der Waals surface area contributed by atoms with E-state index in [2.05, 4.69) is 48.5 Å². The van der Waals surface area contributed by atoms with Crippen molar-refractivity contribution in [1.29, 1.82) is 0 Å². The van der Waals surface area contributed by atoms with Gasteiger partial charge in [-0.25, -0.2) is 0 Å². The van der Waals surface area contributed by atoms with Gasteiger partial charge in [-0.1, -0.05) is 88.0 Å². The van der Waals surface area contributed by atoms with Gasteiger partial charge in [0.25, 0.3) is 0 Å². The van der Waals surface area contributed by atoms with E-state index in [1.54, 1.807) is 0 Å². The fraction of sp³-hybridized carbons (Fsp3) is 0.967. The summed E-state index contributed by atoms with van der Waals surface area (Å²) in [7, 11) is 0. The molecule has 1 saturated carbocycles. The highest BCUT2D eigenvalue weighted by atomic mass is 16.8. The molecule has 4 fully saturated rings. The van der Waals surface area contributed by atoms with Gasteiger partial charge in [-0.15, -0.1) is 0 Å². The molecule has 6 heteroatoms. The van der Waals surface area contributed by atoms with Crippen LogP contribution in [0.5, 0.6) is 0 Å². The Kier molecular flexibility index (Phi) is 12.6. The second kappa shape index (κ2) is 13.5. The summed E-state index contributed by atoms with van der Waals surface area (Å²) in [6.45, 7) is 27.2. The maximum atomic E-state index is 10.9. The predicted molar refractivity (Wildman–Crippen MR) is 146 cm³/mol. The van der Waals surface area contributed by atoms with Crippen LogP contribution in [0.25, 0.3) is 0 Å². The first-order chi connectivity index (χ1) is 16.5. The largest absolute Gasteiger partial charge is 0.348 e. The highest BCUT2D eigenvalue weighted by molar-refractivity contribution is 5.59. The van der Waals surface area contributed by atoms with Crippen LogP contribution in [0.4, 0.5) is 0 Å². The van der Waals surface area contributed by atoms with Gasteiger partial charge in [0.2, 0.25) is 0 Å². The summed E-state index contributed by atoms with van der Waals surface area (Å²) >= 11 is 0. The molecule has 3 saturated heterocycles. The number of carbonyl (C=O) groups is 1. The Balaban J connectivity index is 0.000000310. The number of aldehydes is 1. The normalized spacial score (nSPS) is 33.4. The van der Waals surface area contributed by atoms with Gasteiger partial charge in [-0.05, 0) is 45.4 Å². The minimum absolute atomic E-state index is 0.0164. The van der Waals surface area contributed by atoms with Gasteiger partial charge in [0.1, 0.15) is 18.5 Å². The Morgan fingerprint density at radius 3 is 1.69 bits per heavy atom. The summed E-state index contributed by atoms with van der Waals surface area (Å²) in [4.78, 5) is 10.9. The van der Waals surface area contributed by atoms with Crippen molar-refractivity contribution in [3.05, 3.63) is 0 Å². The van der Waals surface area contributed by atoms with Gasteiger partial charge in [0.15, 0.2) is 17.9 Å². The molecule has 0 aromatic rings. The van der Waals surface area contributed by atoms with Crippen molar-refractivity contribution in [3.63, 3.8) is 0 Å². The Morgan fingerprint density at radius 2 is 1.39 bits per heavy atom. The molecular weight excluding hydrogens is 456 g/mol. The van der Waals surface area contributed by atoms with Crippen LogP contribution in [0.15, 0.2) is 0 Å². The first-order valence-corrected chi connectivity index (χ1v) is 14.3. The molecule has 1 aliphatic carbocycles. The van der Waals surface area contributed by atoms with E-state index in [9.17, 15) is 4.79 Å². The summed E-state index contributed by atoms with van der Waals surface area (Å²) in [5.41, 5.74) is 0.0815. The molecule has 6 unspecified atom stereocenters. The van der Waals surface area contributed by atoms with Crippen molar-refractivity contribution in [3.8, 4) is 0 Å². The summed E-state index contributed by atoms with van der Waals surface area (Å²) < 4.78 is 29.0. The molecule has 4 rings (SSSR count). The molecular formula is C30H58O6. The van der Waals surface area contributed by atoms with E-state index in [1.165, 1.54) is 25.7 Å². The molecule has 0 N–H and O–H groups in total. The van der Waals surface area contributed by atoms with Crippen molar-refractivity contribution in [2.75, 3.05) is 6.61 Å². The number of hydrogen-bond donors (Lipinski definition) is 0. The predicted octanol–water partition coefficient (Wildman–Crippen LogP) is 7.52. The van der Waals surface area contributed by atoms with E-state index >= 15 is 0 Å². The van der Waals surface area contributed by atoms with Gasteiger partial charge >= 0.3 is 0 Å². The van der Waals surface area contributed by atoms with Crippen LogP contribution in [0.2, 0.25) is 0 Å². The Bertz CT molecular complexity index is 644. The highest BCUT2D eigenvalue weighted by Crippen LogP contribution is 2.43. The average molecular weight is 515 g/mol. The van der Waals surface area contributed by atoms with Gasteiger partial charge in [-0.3, -0.25) is 0 Å². The first-order valence-electron chi connectivity index (χ1n) is 14.3. The maximum Gasteiger partial charge on any atom is 0.187 e. The number of hydrogen-bond acceptors (Lipinski definition) is 6. The lowest BCUT2D eigenvalue weighted by Gasteiger charge is -2.34. The molecule has 0 bridgehead atoms. The molecule has 6 nitrogen and oxygen atoms in total. The lowest BCUT2D eigenvalue weighted by Crippen LogP contribution is -2.37. The first kappa shape index (κ1) is 33.5. The van der Waals surface area contributed by atoms with Gasteiger partial charge in [0, 0.05) is 11.3 Å². The number of ether oxygens (including phenoxy) is 5. The van der Waals surface area contributed by atoms with E-state index in [1.807, 2.05) is 41.5 Å². The molecule has 0 aromatic heterocycles. The maximum absolute atomic E-state index is 10.9. The standard InChI is InChI=1S/C13H22O5.C11H22O.C4H8.C2H6/c1-7-9(8-6-14-12(2,3)16-8)15-11-10(7)17-13(4,5)18-11;1-9(2)11(6,8-12)7-10(3,4)5;1-2-4-3-1;1-2/h7-11H,6H2,1-5H3;8-9H,7H2,1-6H3;1-4H2;1-2H3. The quantitative estimate of drug-likeness (QED) is 0.362. The molecule has 4 aliphatic rings. The second-order valence-corrected chi connectivity index (χ2v) is 13.2. The summed E-state index contributed by atoms with van der Waals surface area (Å²) in [6, 6.07) is 0. The zero-order valence-corrected chi connectivity index (χ0v) is 25.7. The lowest BCUT2D eigenvalue weighted by atomic mass is 9.70. The molecule has 0 aromatic carbocycles. The number of carbonyl (C=O) groups excluding carboxylic acids is 1. The zero-order valence-electron chi connectivity index (χ0n) is 25.7. The third-order valence-electron chi connectivity index (χ3n) is 7.31. The minimum Gasteiger partial charge on any atom is -0.348 e. The lowest BCUT2D eigenvalue weighted by molar-refractivity contribution is -0.226. The fourth-order valence-electron chi connectivity index (χ4n) is 4.76. The van der Waals surface area contributed by atoms with Crippen molar-refractivity contribution in [2.24, 2.45) is 22.7 Å². The summed E-state index contributed by atoms with van der Waals surface area (Å²) in [5, 5.41) is 0. The number of fused-ring (bicyclic) bond motifs is 1. The van der Waals surface area contributed by atoms with Crippen LogP contribution in [-0.4, -0.2) is 49.1 Å². The Morgan fingerprint density at radius 1 is 0.861 bits per heavy atom. The van der Waals surface area contributed by atoms with Crippen molar-refractivity contribution < 1.29 is 28.5 Å². The molecule has 3 heterocycles. The molecule has 36 heavy (non-hydrogen) atoms. The Hall–Kier alpha value is -0.530. The molecule has 3 aliphatic heterocycles. The van der Waals surface area contributed by atoms with E-state index in [0.717, 1.165) is 12.7 Å². The summed E-state index contributed by atoms with van der Waals surface area (Å²) in [6.07, 6.45) is 7.70. The van der Waals surface area contributed by atoms with E-state index in [4.69, 9.17) is 23.7 Å². The van der Waals surface area contributed by atoms with Crippen LogP contribution in [0, 0.1) is 22.7 Å². The second-order valence-electron chi connectivity index (χ2n) is 13.2. The molecule has 0 radical (unpaired) electrons. The smallest absolute Gasteiger partial charge is 0.187 e. The third-order valence-corrected chi connectivity index (χ3v) is 7.31. The molecule has 6 atom stereocenters. The minimum atomic E-state index is -0.555. The van der Waals surface area contributed by atoms with Gasteiger partial charge < -0.3 is 28.5 Å². The molecule has 214 valence electrons. The van der Waals surface area contributed by atoms with E-state index < -0.39 is 11.6 Å². The molecule has 0 amide bonds. The van der Waals surface area contributed by atoms with Crippen LogP contribution < -0.4 is 0 Å².